The second-order valence-electron chi connectivity index (χ2n) is 6.44. The largest absolute Gasteiger partial charge is 0.324 e. The van der Waals surface area contributed by atoms with Gasteiger partial charge in [-0.2, -0.15) is 0 Å². The monoisotopic (exact) mass is 392 g/mol. The number of fused-ring (bicyclic) bond motifs is 2. The Kier molecular flexibility index (Phi) is 5.04. The number of amides is 1. The predicted octanol–water partition coefficient (Wildman–Crippen LogP) is 4.02. The van der Waals surface area contributed by atoms with Gasteiger partial charge < -0.3 is 5.32 Å². The Balaban J connectivity index is 1.43. The van der Waals surface area contributed by atoms with Crippen molar-refractivity contribution in [1.82, 2.24) is 14.5 Å². The summed E-state index contributed by atoms with van der Waals surface area (Å²) in [6.45, 7) is 0.415. The number of aryl methyl sites for hydroxylation is 1. The van der Waals surface area contributed by atoms with E-state index in [9.17, 15) is 9.59 Å². The lowest BCUT2D eigenvalue weighted by molar-refractivity contribution is -0.116. The summed E-state index contributed by atoms with van der Waals surface area (Å²) in [7, 11) is 0. The van der Waals surface area contributed by atoms with Crippen molar-refractivity contribution >= 4 is 45.0 Å². The highest BCUT2D eigenvalue weighted by Gasteiger charge is 2.09. The molecule has 6 nitrogen and oxygen atoms in total. The number of nitrogens with one attached hydrogen (secondary N) is 1. The Bertz CT molecular complexity index is 1240. The van der Waals surface area contributed by atoms with Gasteiger partial charge in [0.05, 0.1) is 28.4 Å². The average molecular weight is 393 g/mol. The molecular weight excluding hydrogens is 376 g/mol. The smallest absolute Gasteiger partial charge is 0.261 e. The minimum Gasteiger partial charge on any atom is -0.324 e. The number of benzene rings is 2. The number of rotatable bonds is 5. The summed E-state index contributed by atoms with van der Waals surface area (Å²) in [6.07, 6.45) is 3.97. The maximum atomic E-state index is 12.5. The van der Waals surface area contributed by atoms with Crippen LogP contribution in [0.3, 0.4) is 0 Å². The number of halogens is 1. The van der Waals surface area contributed by atoms with Crippen LogP contribution in [0.1, 0.15) is 12.8 Å². The van der Waals surface area contributed by atoms with E-state index in [1.807, 2.05) is 24.3 Å². The van der Waals surface area contributed by atoms with Crippen LogP contribution < -0.4 is 10.9 Å². The molecule has 0 bridgehead atoms. The summed E-state index contributed by atoms with van der Waals surface area (Å²) in [4.78, 5) is 33.5. The molecule has 1 amide bonds. The number of hydrogen-bond acceptors (Lipinski definition) is 4. The third-order valence-electron chi connectivity index (χ3n) is 4.48. The standard InChI is InChI=1S/C21H17ClN4O2/c22-15-11-14-5-3-9-23-20(14)18(12-15)25-19(27)8-4-10-26-13-24-17-7-2-1-6-16(17)21(26)28/h1-3,5-7,9,11-13H,4,8,10H2,(H,25,27). The van der Waals surface area contributed by atoms with E-state index in [-0.39, 0.29) is 17.9 Å². The fourth-order valence-electron chi connectivity index (χ4n) is 3.14. The third-order valence-corrected chi connectivity index (χ3v) is 4.70. The first-order chi connectivity index (χ1) is 13.6. The molecule has 2 aromatic heterocycles. The quantitative estimate of drug-likeness (QED) is 0.556. The second kappa shape index (κ2) is 7.78. The molecule has 4 aromatic rings. The lowest BCUT2D eigenvalue weighted by atomic mass is 10.2. The number of carbonyl (C=O) groups excluding carboxylic acids is 1. The summed E-state index contributed by atoms with van der Waals surface area (Å²) < 4.78 is 1.53. The lowest BCUT2D eigenvalue weighted by Crippen LogP contribution is -2.21. The van der Waals surface area contributed by atoms with Gasteiger partial charge in [-0.3, -0.25) is 19.1 Å². The maximum absolute atomic E-state index is 12.5. The molecular formula is C21H17ClN4O2. The zero-order chi connectivity index (χ0) is 19.5. The number of para-hydroxylation sites is 1. The molecule has 0 aliphatic heterocycles. The molecule has 0 aliphatic carbocycles. The number of aromatic nitrogens is 3. The highest BCUT2D eigenvalue weighted by molar-refractivity contribution is 6.32. The SMILES string of the molecule is O=C(CCCn1cnc2ccccc2c1=O)Nc1cc(Cl)cc2cccnc12. The highest BCUT2D eigenvalue weighted by Crippen LogP contribution is 2.26. The Hall–Kier alpha value is -3.25. The van der Waals surface area contributed by atoms with Gasteiger partial charge in [-0.25, -0.2) is 4.98 Å². The van der Waals surface area contributed by atoms with Gasteiger partial charge in [0.2, 0.25) is 5.91 Å². The van der Waals surface area contributed by atoms with E-state index in [1.165, 1.54) is 10.9 Å². The average Bonchev–Trinajstić information content (AvgIpc) is 2.70. The van der Waals surface area contributed by atoms with Gasteiger partial charge in [-0.05, 0) is 36.8 Å². The van der Waals surface area contributed by atoms with Gasteiger partial charge >= 0.3 is 0 Å². The number of anilines is 1. The van der Waals surface area contributed by atoms with E-state index in [4.69, 9.17) is 11.6 Å². The molecule has 0 unspecified atom stereocenters. The zero-order valence-corrected chi connectivity index (χ0v) is 15.7. The van der Waals surface area contributed by atoms with Crippen molar-refractivity contribution in [3.63, 3.8) is 0 Å². The van der Waals surface area contributed by atoms with Crippen LogP contribution in [0.2, 0.25) is 5.02 Å². The fourth-order valence-corrected chi connectivity index (χ4v) is 3.37. The van der Waals surface area contributed by atoms with Crippen molar-refractivity contribution in [3.05, 3.63) is 76.4 Å². The first-order valence-corrected chi connectivity index (χ1v) is 9.28. The summed E-state index contributed by atoms with van der Waals surface area (Å²) in [5.41, 5.74) is 1.84. The second-order valence-corrected chi connectivity index (χ2v) is 6.88. The van der Waals surface area contributed by atoms with Gasteiger partial charge in [0, 0.05) is 29.6 Å². The van der Waals surface area contributed by atoms with E-state index in [0.29, 0.717) is 40.1 Å². The topological polar surface area (TPSA) is 76.9 Å². The number of nitrogens with zero attached hydrogens (tertiary/aromatic N) is 3. The van der Waals surface area contributed by atoms with Crippen LogP contribution in [0, 0.1) is 0 Å². The summed E-state index contributed by atoms with van der Waals surface area (Å²) in [5.74, 6) is -0.156. The maximum Gasteiger partial charge on any atom is 0.261 e. The van der Waals surface area contributed by atoms with E-state index >= 15 is 0 Å². The number of pyridine rings is 1. The molecule has 4 rings (SSSR count). The minimum atomic E-state index is -0.156. The summed E-state index contributed by atoms with van der Waals surface area (Å²) >= 11 is 6.13. The third kappa shape index (κ3) is 3.73. The van der Waals surface area contributed by atoms with E-state index in [0.717, 1.165) is 5.39 Å². The van der Waals surface area contributed by atoms with Gasteiger partial charge in [0.25, 0.3) is 5.56 Å². The molecule has 28 heavy (non-hydrogen) atoms. The van der Waals surface area contributed by atoms with Crippen LogP contribution in [0.15, 0.2) is 65.8 Å². The highest BCUT2D eigenvalue weighted by atomic mass is 35.5. The number of hydrogen-bond donors (Lipinski definition) is 1. The predicted molar refractivity (Wildman–Crippen MR) is 111 cm³/mol. The summed E-state index contributed by atoms with van der Waals surface area (Å²) in [6, 6.07) is 14.4. The molecule has 0 saturated carbocycles. The van der Waals surface area contributed by atoms with Crippen LogP contribution in [-0.4, -0.2) is 20.4 Å². The summed E-state index contributed by atoms with van der Waals surface area (Å²) in [5, 5.41) is 4.83. The number of carbonyl (C=O) groups is 1. The molecule has 0 saturated heterocycles. The first-order valence-electron chi connectivity index (χ1n) is 8.90. The van der Waals surface area contributed by atoms with Crippen LogP contribution in [0.4, 0.5) is 5.69 Å². The van der Waals surface area contributed by atoms with Gasteiger partial charge in [-0.15, -0.1) is 0 Å². The first kappa shape index (κ1) is 18.1. The van der Waals surface area contributed by atoms with Gasteiger partial charge in [-0.1, -0.05) is 29.8 Å². The fraction of sp³-hybridized carbons (Fsp3) is 0.143. The van der Waals surface area contributed by atoms with Gasteiger partial charge in [0.1, 0.15) is 0 Å². The van der Waals surface area contributed by atoms with Crippen molar-refractivity contribution in [2.45, 2.75) is 19.4 Å². The van der Waals surface area contributed by atoms with Gasteiger partial charge in [0.15, 0.2) is 0 Å². The van der Waals surface area contributed by atoms with Crippen molar-refractivity contribution in [2.75, 3.05) is 5.32 Å². The zero-order valence-electron chi connectivity index (χ0n) is 14.9. The Labute approximate surface area is 165 Å². The Morgan fingerprint density at radius 2 is 1.96 bits per heavy atom. The molecule has 0 radical (unpaired) electrons. The molecule has 1 N–H and O–H groups in total. The molecule has 2 heterocycles. The van der Waals surface area contributed by atoms with Crippen molar-refractivity contribution in [3.8, 4) is 0 Å². The normalized spacial score (nSPS) is 11.0. The van der Waals surface area contributed by atoms with E-state index in [2.05, 4.69) is 15.3 Å². The molecule has 0 fully saturated rings. The van der Waals surface area contributed by atoms with Crippen LogP contribution in [0.5, 0.6) is 0 Å². The minimum absolute atomic E-state index is 0.101. The molecule has 140 valence electrons. The lowest BCUT2D eigenvalue weighted by Gasteiger charge is -2.10. The Morgan fingerprint density at radius 1 is 1.11 bits per heavy atom. The molecule has 7 heteroatoms. The van der Waals surface area contributed by atoms with Crippen LogP contribution in [0.25, 0.3) is 21.8 Å². The van der Waals surface area contributed by atoms with Crippen LogP contribution in [-0.2, 0) is 11.3 Å². The van der Waals surface area contributed by atoms with E-state index < -0.39 is 0 Å². The molecule has 0 atom stereocenters. The van der Waals surface area contributed by atoms with Crippen LogP contribution >= 0.6 is 11.6 Å². The van der Waals surface area contributed by atoms with Crippen molar-refractivity contribution < 1.29 is 4.79 Å². The molecule has 0 aliphatic rings. The Morgan fingerprint density at radius 3 is 2.86 bits per heavy atom. The van der Waals surface area contributed by atoms with Crippen molar-refractivity contribution in [1.29, 1.82) is 0 Å². The molecule has 2 aromatic carbocycles. The van der Waals surface area contributed by atoms with E-state index in [1.54, 1.807) is 30.5 Å². The molecule has 0 spiro atoms. The van der Waals surface area contributed by atoms with Crippen molar-refractivity contribution in [2.24, 2.45) is 0 Å².